The Bertz CT molecular complexity index is 709. The molecule has 23 heavy (non-hydrogen) atoms. The highest BCUT2D eigenvalue weighted by molar-refractivity contribution is 5.52. The highest BCUT2D eigenvalue weighted by atomic mass is 16.5. The van der Waals surface area contributed by atoms with Crippen LogP contribution in [0.5, 0.6) is 11.5 Å². The van der Waals surface area contributed by atoms with Crippen molar-refractivity contribution in [1.82, 2.24) is 5.32 Å². The molecule has 2 aromatic carbocycles. The molecule has 1 atom stereocenters. The average molecular weight is 311 g/mol. The van der Waals surface area contributed by atoms with Crippen LogP contribution in [0.2, 0.25) is 0 Å². The first-order chi connectivity index (χ1) is 11.1. The van der Waals surface area contributed by atoms with Crippen LogP contribution >= 0.6 is 0 Å². The maximum atomic E-state index is 5.78. The second-order valence-corrected chi connectivity index (χ2v) is 6.13. The van der Waals surface area contributed by atoms with E-state index in [9.17, 15) is 0 Å². The molecule has 1 aliphatic rings. The van der Waals surface area contributed by atoms with Gasteiger partial charge in [-0.1, -0.05) is 23.8 Å². The van der Waals surface area contributed by atoms with Gasteiger partial charge in [-0.3, -0.25) is 0 Å². The maximum absolute atomic E-state index is 5.78. The topological polar surface area (TPSA) is 30.5 Å². The van der Waals surface area contributed by atoms with Gasteiger partial charge < -0.3 is 14.8 Å². The molecule has 0 aliphatic carbocycles. The van der Waals surface area contributed by atoms with Gasteiger partial charge in [0, 0.05) is 6.54 Å². The zero-order chi connectivity index (χ0) is 16.4. The van der Waals surface area contributed by atoms with Gasteiger partial charge in [0.2, 0.25) is 0 Å². The highest BCUT2D eigenvalue weighted by Gasteiger charge is 2.25. The van der Waals surface area contributed by atoms with Crippen LogP contribution in [-0.2, 0) is 6.42 Å². The maximum Gasteiger partial charge on any atom is 0.161 e. The molecule has 3 heteroatoms. The van der Waals surface area contributed by atoms with Crippen molar-refractivity contribution >= 4 is 0 Å². The fourth-order valence-electron chi connectivity index (χ4n) is 3.34. The molecule has 0 radical (unpaired) electrons. The van der Waals surface area contributed by atoms with Gasteiger partial charge in [0.25, 0.3) is 0 Å². The van der Waals surface area contributed by atoms with E-state index in [4.69, 9.17) is 9.47 Å². The van der Waals surface area contributed by atoms with Crippen molar-refractivity contribution in [2.45, 2.75) is 33.2 Å². The smallest absolute Gasteiger partial charge is 0.161 e. The van der Waals surface area contributed by atoms with E-state index < -0.39 is 0 Å². The first kappa shape index (κ1) is 15.9. The van der Waals surface area contributed by atoms with Gasteiger partial charge in [0.1, 0.15) is 0 Å². The average Bonchev–Trinajstić information content (AvgIpc) is 2.56. The third kappa shape index (κ3) is 3.06. The lowest BCUT2D eigenvalue weighted by Crippen LogP contribution is -2.31. The van der Waals surface area contributed by atoms with E-state index in [0.29, 0.717) is 6.61 Å². The Morgan fingerprint density at radius 2 is 1.91 bits per heavy atom. The van der Waals surface area contributed by atoms with E-state index in [2.05, 4.69) is 49.5 Å². The molecule has 1 aliphatic heterocycles. The Hall–Kier alpha value is -2.00. The minimum atomic E-state index is 0.212. The molecule has 0 fully saturated rings. The van der Waals surface area contributed by atoms with Gasteiger partial charge in [-0.15, -0.1) is 0 Å². The minimum absolute atomic E-state index is 0.212. The molecule has 3 nitrogen and oxygen atoms in total. The molecule has 0 amide bonds. The van der Waals surface area contributed by atoms with Crippen molar-refractivity contribution in [3.63, 3.8) is 0 Å². The molecule has 0 saturated carbocycles. The van der Waals surface area contributed by atoms with E-state index >= 15 is 0 Å². The summed E-state index contributed by atoms with van der Waals surface area (Å²) < 4.78 is 11.3. The summed E-state index contributed by atoms with van der Waals surface area (Å²) in [6.45, 7) is 7.93. The van der Waals surface area contributed by atoms with E-state index in [0.717, 1.165) is 24.5 Å². The number of hydrogen-bond donors (Lipinski definition) is 1. The molecule has 3 rings (SSSR count). The fraction of sp³-hybridized carbons (Fsp3) is 0.400. The van der Waals surface area contributed by atoms with Crippen molar-refractivity contribution in [3.05, 3.63) is 58.1 Å². The molecule has 0 bridgehead atoms. The second-order valence-electron chi connectivity index (χ2n) is 6.13. The number of benzene rings is 2. The third-order valence-electron chi connectivity index (χ3n) is 4.52. The Morgan fingerprint density at radius 1 is 1.09 bits per heavy atom. The normalized spacial score (nSPS) is 16.8. The Kier molecular flexibility index (Phi) is 4.58. The van der Waals surface area contributed by atoms with Crippen LogP contribution in [0.3, 0.4) is 0 Å². The summed E-state index contributed by atoms with van der Waals surface area (Å²) in [7, 11) is 1.70. The summed E-state index contributed by atoms with van der Waals surface area (Å²) in [4.78, 5) is 0. The number of hydrogen-bond acceptors (Lipinski definition) is 3. The lowest BCUT2D eigenvalue weighted by atomic mass is 9.87. The SMILES string of the molecule is CCOc1cc2c(cc1OC)CCNC2c1cc(C)ccc1C. The lowest BCUT2D eigenvalue weighted by molar-refractivity contribution is 0.309. The van der Waals surface area contributed by atoms with Crippen LogP contribution in [0.4, 0.5) is 0 Å². The zero-order valence-electron chi connectivity index (χ0n) is 14.4. The van der Waals surface area contributed by atoms with Gasteiger partial charge in [-0.05, 0) is 61.6 Å². The summed E-state index contributed by atoms with van der Waals surface area (Å²) in [5.74, 6) is 1.65. The van der Waals surface area contributed by atoms with E-state index in [-0.39, 0.29) is 6.04 Å². The largest absolute Gasteiger partial charge is 0.493 e. The van der Waals surface area contributed by atoms with Crippen LogP contribution in [0, 0.1) is 13.8 Å². The van der Waals surface area contributed by atoms with Crippen LogP contribution in [0.1, 0.15) is 40.8 Å². The number of aryl methyl sites for hydroxylation is 2. The van der Waals surface area contributed by atoms with Gasteiger partial charge in [-0.2, -0.15) is 0 Å². The number of fused-ring (bicyclic) bond motifs is 1. The van der Waals surface area contributed by atoms with Crippen molar-refractivity contribution in [1.29, 1.82) is 0 Å². The van der Waals surface area contributed by atoms with Gasteiger partial charge >= 0.3 is 0 Å². The zero-order valence-corrected chi connectivity index (χ0v) is 14.4. The number of methoxy groups -OCH3 is 1. The molecule has 0 saturated heterocycles. The Balaban J connectivity index is 2.11. The van der Waals surface area contributed by atoms with E-state index in [1.807, 2.05) is 6.92 Å². The van der Waals surface area contributed by atoms with Gasteiger partial charge in [0.15, 0.2) is 11.5 Å². The first-order valence-electron chi connectivity index (χ1n) is 8.28. The van der Waals surface area contributed by atoms with Gasteiger partial charge in [0.05, 0.1) is 19.8 Å². The summed E-state index contributed by atoms with van der Waals surface area (Å²) in [5.41, 5.74) is 6.59. The second kappa shape index (κ2) is 6.63. The molecular formula is C20H25NO2. The number of ether oxygens (including phenoxy) is 2. The van der Waals surface area contributed by atoms with Gasteiger partial charge in [-0.25, -0.2) is 0 Å². The molecule has 122 valence electrons. The molecule has 0 spiro atoms. The predicted molar refractivity (Wildman–Crippen MR) is 93.6 cm³/mol. The molecular weight excluding hydrogens is 286 g/mol. The molecule has 1 N–H and O–H groups in total. The highest BCUT2D eigenvalue weighted by Crippen LogP contribution is 2.38. The Labute approximate surface area is 138 Å². The molecule has 1 heterocycles. The summed E-state index contributed by atoms with van der Waals surface area (Å²) >= 11 is 0. The molecule has 2 aromatic rings. The van der Waals surface area contributed by atoms with Crippen LogP contribution in [0.25, 0.3) is 0 Å². The Morgan fingerprint density at radius 3 is 2.65 bits per heavy atom. The standard InChI is InChI=1S/C20H25NO2/c1-5-23-19-12-17-15(11-18(19)22-4)8-9-21-20(17)16-10-13(2)6-7-14(16)3/h6-7,10-12,20-21H,5,8-9H2,1-4H3. The fourth-order valence-corrected chi connectivity index (χ4v) is 3.34. The van der Waals surface area contributed by atoms with Crippen LogP contribution in [0.15, 0.2) is 30.3 Å². The number of rotatable bonds is 4. The van der Waals surface area contributed by atoms with Crippen molar-refractivity contribution < 1.29 is 9.47 Å². The third-order valence-corrected chi connectivity index (χ3v) is 4.52. The minimum Gasteiger partial charge on any atom is -0.493 e. The summed E-state index contributed by atoms with van der Waals surface area (Å²) in [6.07, 6.45) is 1.01. The van der Waals surface area contributed by atoms with E-state index in [1.54, 1.807) is 7.11 Å². The van der Waals surface area contributed by atoms with Crippen molar-refractivity contribution in [2.24, 2.45) is 0 Å². The molecule has 0 aromatic heterocycles. The predicted octanol–water partition coefficient (Wildman–Crippen LogP) is 3.95. The summed E-state index contributed by atoms with van der Waals surface area (Å²) in [5, 5.41) is 3.67. The van der Waals surface area contributed by atoms with Crippen LogP contribution in [-0.4, -0.2) is 20.3 Å². The van der Waals surface area contributed by atoms with Crippen molar-refractivity contribution in [3.8, 4) is 11.5 Å². The quantitative estimate of drug-likeness (QED) is 0.927. The summed E-state index contributed by atoms with van der Waals surface area (Å²) in [6, 6.07) is 11.2. The lowest BCUT2D eigenvalue weighted by Gasteiger charge is -2.30. The van der Waals surface area contributed by atoms with Crippen LogP contribution < -0.4 is 14.8 Å². The van der Waals surface area contributed by atoms with Crippen molar-refractivity contribution in [2.75, 3.05) is 20.3 Å². The first-order valence-corrected chi connectivity index (χ1v) is 8.28. The van der Waals surface area contributed by atoms with E-state index in [1.165, 1.54) is 27.8 Å². The number of nitrogens with one attached hydrogen (secondary N) is 1. The monoisotopic (exact) mass is 311 g/mol. The molecule has 1 unspecified atom stereocenters.